The predicted octanol–water partition coefficient (Wildman–Crippen LogP) is 5.10. The summed E-state index contributed by atoms with van der Waals surface area (Å²) in [5, 5.41) is 15.1. The lowest BCUT2D eigenvalue weighted by molar-refractivity contribution is 0.252. The van der Waals surface area contributed by atoms with Crippen molar-refractivity contribution in [2.75, 3.05) is 11.9 Å². The number of amides is 2. The molecular formula is C20H19Cl2N5O. The van der Waals surface area contributed by atoms with E-state index in [9.17, 15) is 4.79 Å². The number of anilines is 1. The molecule has 6 nitrogen and oxygen atoms in total. The second-order valence-corrected chi connectivity index (χ2v) is 6.79. The Morgan fingerprint density at radius 3 is 2.39 bits per heavy atom. The molecule has 0 atom stereocenters. The summed E-state index contributed by atoms with van der Waals surface area (Å²) in [6.45, 7) is 2.43. The Morgan fingerprint density at radius 1 is 1.07 bits per heavy atom. The molecule has 0 fully saturated rings. The molecule has 3 rings (SSSR count). The van der Waals surface area contributed by atoms with E-state index in [1.165, 1.54) is 0 Å². The van der Waals surface area contributed by atoms with Crippen molar-refractivity contribution in [2.45, 2.75) is 6.92 Å². The maximum atomic E-state index is 11.6. The highest BCUT2D eigenvalue weighted by Crippen LogP contribution is 2.26. The van der Waals surface area contributed by atoms with Gasteiger partial charge in [-0.25, -0.2) is 4.79 Å². The van der Waals surface area contributed by atoms with Crippen molar-refractivity contribution in [2.24, 2.45) is 7.05 Å². The second kappa shape index (κ2) is 8.91. The first kappa shape index (κ1) is 19.9. The summed E-state index contributed by atoms with van der Waals surface area (Å²) >= 11 is 12.4. The molecule has 1 heterocycles. The molecule has 0 spiro atoms. The fourth-order valence-corrected chi connectivity index (χ4v) is 3.13. The number of carbonyl (C=O) groups is 1. The average Bonchev–Trinajstić information content (AvgIpc) is 3.03. The molecule has 0 radical (unpaired) electrons. The fourth-order valence-electron chi connectivity index (χ4n) is 2.60. The number of carbonyl (C=O) groups excluding carboxylic acids is 1. The summed E-state index contributed by atoms with van der Waals surface area (Å²) in [6.07, 6.45) is 3.63. The van der Waals surface area contributed by atoms with E-state index in [-0.39, 0.29) is 6.03 Å². The summed E-state index contributed by atoms with van der Waals surface area (Å²) in [7, 11) is 1.88. The van der Waals surface area contributed by atoms with Crippen molar-refractivity contribution in [3.8, 4) is 11.4 Å². The van der Waals surface area contributed by atoms with E-state index >= 15 is 0 Å². The average molecular weight is 416 g/mol. The van der Waals surface area contributed by atoms with E-state index in [1.807, 2.05) is 55.0 Å². The van der Waals surface area contributed by atoms with Crippen LogP contribution in [0.15, 0.2) is 42.5 Å². The van der Waals surface area contributed by atoms with Crippen molar-refractivity contribution in [3.63, 3.8) is 0 Å². The Kier molecular flexibility index (Phi) is 6.34. The standard InChI is InChI=1S/C20H19Cl2N5O/c1-3-23-20(28)24-14-9-7-13(8-10-14)19-26-25-18(27(19)2)12-11-15-16(21)5-4-6-17(15)22/h4-12H,3H2,1-2H3,(H2,23,24,28)/b12-11+. The number of urea groups is 1. The smallest absolute Gasteiger partial charge is 0.319 e. The van der Waals surface area contributed by atoms with Gasteiger partial charge >= 0.3 is 6.03 Å². The quantitative estimate of drug-likeness (QED) is 0.608. The van der Waals surface area contributed by atoms with Crippen LogP contribution in [0.1, 0.15) is 18.3 Å². The molecule has 0 aliphatic rings. The largest absolute Gasteiger partial charge is 0.338 e. The first-order valence-electron chi connectivity index (χ1n) is 8.66. The van der Waals surface area contributed by atoms with E-state index in [2.05, 4.69) is 20.8 Å². The Hall–Kier alpha value is -2.83. The van der Waals surface area contributed by atoms with Crippen LogP contribution in [0.3, 0.4) is 0 Å². The highest BCUT2D eigenvalue weighted by molar-refractivity contribution is 6.37. The lowest BCUT2D eigenvalue weighted by Gasteiger charge is -2.07. The minimum Gasteiger partial charge on any atom is -0.338 e. The number of nitrogens with one attached hydrogen (secondary N) is 2. The van der Waals surface area contributed by atoms with Crippen molar-refractivity contribution in [1.29, 1.82) is 0 Å². The third kappa shape index (κ3) is 4.52. The van der Waals surface area contributed by atoms with Crippen molar-refractivity contribution >= 4 is 47.1 Å². The van der Waals surface area contributed by atoms with E-state index in [1.54, 1.807) is 18.2 Å². The number of benzene rings is 2. The van der Waals surface area contributed by atoms with E-state index in [0.717, 1.165) is 11.1 Å². The van der Waals surface area contributed by atoms with Crippen LogP contribution < -0.4 is 10.6 Å². The van der Waals surface area contributed by atoms with Crippen molar-refractivity contribution in [3.05, 3.63) is 63.9 Å². The third-order valence-corrected chi connectivity index (χ3v) is 4.70. The molecule has 0 saturated carbocycles. The monoisotopic (exact) mass is 415 g/mol. The molecule has 2 amide bonds. The Labute approximate surface area is 173 Å². The minimum atomic E-state index is -0.237. The highest BCUT2D eigenvalue weighted by atomic mass is 35.5. The van der Waals surface area contributed by atoms with Gasteiger partial charge in [0.25, 0.3) is 0 Å². The van der Waals surface area contributed by atoms with Gasteiger partial charge in [-0.3, -0.25) is 0 Å². The van der Waals surface area contributed by atoms with Crippen LogP contribution >= 0.6 is 23.2 Å². The van der Waals surface area contributed by atoms with Crippen LogP contribution in [-0.4, -0.2) is 27.3 Å². The van der Waals surface area contributed by atoms with Gasteiger partial charge in [0.2, 0.25) is 0 Å². The van der Waals surface area contributed by atoms with Gasteiger partial charge in [-0.15, -0.1) is 10.2 Å². The summed E-state index contributed by atoms with van der Waals surface area (Å²) < 4.78 is 1.87. The van der Waals surface area contributed by atoms with Gasteiger partial charge in [-0.2, -0.15) is 0 Å². The van der Waals surface area contributed by atoms with E-state index in [4.69, 9.17) is 23.2 Å². The molecule has 0 saturated heterocycles. The number of halogens is 2. The van der Waals surface area contributed by atoms with Gasteiger partial charge in [0.05, 0.1) is 0 Å². The van der Waals surface area contributed by atoms with Crippen LogP contribution in [0.4, 0.5) is 10.5 Å². The zero-order chi connectivity index (χ0) is 20.1. The lowest BCUT2D eigenvalue weighted by Crippen LogP contribution is -2.28. The van der Waals surface area contributed by atoms with Gasteiger partial charge < -0.3 is 15.2 Å². The summed E-state index contributed by atoms with van der Waals surface area (Å²) in [5.41, 5.74) is 2.31. The Morgan fingerprint density at radius 2 is 1.75 bits per heavy atom. The zero-order valence-corrected chi connectivity index (χ0v) is 16.9. The van der Waals surface area contributed by atoms with E-state index in [0.29, 0.717) is 33.9 Å². The fraction of sp³-hybridized carbons (Fsp3) is 0.150. The molecule has 144 valence electrons. The normalized spacial score (nSPS) is 11.0. The molecule has 0 aliphatic heterocycles. The summed E-state index contributed by atoms with van der Waals surface area (Å²) in [6, 6.07) is 12.5. The SMILES string of the molecule is CCNC(=O)Nc1ccc(-c2nnc(/C=C/c3c(Cl)cccc3Cl)n2C)cc1. The Balaban J connectivity index is 1.79. The van der Waals surface area contributed by atoms with Crippen molar-refractivity contribution in [1.82, 2.24) is 20.1 Å². The number of hydrogen-bond acceptors (Lipinski definition) is 3. The molecule has 28 heavy (non-hydrogen) atoms. The number of hydrogen-bond donors (Lipinski definition) is 2. The van der Waals surface area contributed by atoms with Gasteiger partial charge in [0.1, 0.15) is 0 Å². The first-order chi connectivity index (χ1) is 13.5. The molecular weight excluding hydrogens is 397 g/mol. The molecule has 8 heteroatoms. The highest BCUT2D eigenvalue weighted by Gasteiger charge is 2.10. The number of aromatic nitrogens is 3. The summed E-state index contributed by atoms with van der Waals surface area (Å²) in [4.78, 5) is 11.6. The Bertz CT molecular complexity index is 992. The minimum absolute atomic E-state index is 0.237. The maximum absolute atomic E-state index is 11.6. The van der Waals surface area contributed by atoms with Crippen LogP contribution in [0.25, 0.3) is 23.5 Å². The van der Waals surface area contributed by atoms with Crippen LogP contribution in [-0.2, 0) is 7.05 Å². The second-order valence-electron chi connectivity index (χ2n) is 5.97. The number of nitrogens with zero attached hydrogens (tertiary/aromatic N) is 3. The number of rotatable bonds is 5. The summed E-state index contributed by atoms with van der Waals surface area (Å²) in [5.74, 6) is 1.37. The topological polar surface area (TPSA) is 71.8 Å². The van der Waals surface area contributed by atoms with Crippen molar-refractivity contribution < 1.29 is 4.79 Å². The maximum Gasteiger partial charge on any atom is 0.319 e. The van der Waals surface area contributed by atoms with Gasteiger partial charge in [0, 0.05) is 40.5 Å². The van der Waals surface area contributed by atoms with Gasteiger partial charge in [-0.05, 0) is 55.5 Å². The van der Waals surface area contributed by atoms with E-state index < -0.39 is 0 Å². The molecule has 0 unspecified atom stereocenters. The van der Waals surface area contributed by atoms with Gasteiger partial charge in [0.15, 0.2) is 11.6 Å². The van der Waals surface area contributed by atoms with Crippen LogP contribution in [0, 0.1) is 0 Å². The molecule has 1 aromatic heterocycles. The molecule has 0 bridgehead atoms. The van der Waals surface area contributed by atoms with Gasteiger partial charge in [-0.1, -0.05) is 29.3 Å². The molecule has 2 aromatic carbocycles. The predicted molar refractivity (Wildman–Crippen MR) is 115 cm³/mol. The molecule has 2 N–H and O–H groups in total. The third-order valence-electron chi connectivity index (χ3n) is 4.05. The van der Waals surface area contributed by atoms with Crippen LogP contribution in [0.5, 0.6) is 0 Å². The van der Waals surface area contributed by atoms with Crippen LogP contribution in [0.2, 0.25) is 10.0 Å². The zero-order valence-electron chi connectivity index (χ0n) is 15.4. The molecule has 0 aliphatic carbocycles. The first-order valence-corrected chi connectivity index (χ1v) is 9.42. The lowest BCUT2D eigenvalue weighted by atomic mass is 10.2. The molecule has 3 aromatic rings.